The van der Waals surface area contributed by atoms with Gasteiger partial charge in [-0.1, -0.05) is 42.5 Å². The van der Waals surface area contributed by atoms with Crippen LogP contribution in [-0.2, 0) is 9.53 Å². The molecule has 0 radical (unpaired) electrons. The summed E-state index contributed by atoms with van der Waals surface area (Å²) in [6.45, 7) is 1.53. The van der Waals surface area contributed by atoms with E-state index >= 15 is 0 Å². The van der Waals surface area contributed by atoms with Crippen LogP contribution >= 0.6 is 15.9 Å². The van der Waals surface area contributed by atoms with Gasteiger partial charge in [-0.2, -0.15) is 0 Å². The molecule has 0 aliphatic carbocycles. The number of benzene rings is 2. The first-order chi connectivity index (χ1) is 12.0. The van der Waals surface area contributed by atoms with E-state index in [9.17, 15) is 9.59 Å². The smallest absolute Gasteiger partial charge is 0.374 e. The van der Waals surface area contributed by atoms with Crippen LogP contribution in [-0.4, -0.2) is 18.5 Å². The van der Waals surface area contributed by atoms with Crippen LogP contribution in [0.2, 0.25) is 0 Å². The van der Waals surface area contributed by atoms with Gasteiger partial charge in [-0.25, -0.2) is 4.79 Å². The van der Waals surface area contributed by atoms with Gasteiger partial charge in [-0.15, -0.1) is 0 Å². The third-order valence-electron chi connectivity index (χ3n) is 3.78. The maximum atomic E-state index is 12.1. The summed E-state index contributed by atoms with van der Waals surface area (Å²) < 4.78 is 10.5. The van der Waals surface area contributed by atoms with Gasteiger partial charge < -0.3 is 14.5 Å². The van der Waals surface area contributed by atoms with Crippen molar-refractivity contribution in [1.82, 2.24) is 5.32 Å². The molecule has 5 nitrogen and oxygen atoms in total. The van der Waals surface area contributed by atoms with E-state index in [1.165, 1.54) is 6.07 Å². The Hall–Kier alpha value is -2.60. The van der Waals surface area contributed by atoms with E-state index in [-0.39, 0.29) is 24.3 Å². The van der Waals surface area contributed by atoms with Crippen molar-refractivity contribution in [2.75, 3.05) is 6.61 Å². The quantitative estimate of drug-likeness (QED) is 0.649. The Labute approximate surface area is 153 Å². The molecule has 0 aliphatic rings. The normalized spacial score (nSPS) is 11.9. The lowest BCUT2D eigenvalue weighted by molar-refractivity contribution is -0.124. The monoisotopic (exact) mass is 401 g/mol. The first kappa shape index (κ1) is 17.2. The van der Waals surface area contributed by atoms with Gasteiger partial charge in [-0.3, -0.25) is 4.79 Å². The summed E-state index contributed by atoms with van der Waals surface area (Å²) >= 11 is 3.11. The fraction of sp³-hybridized carbons (Fsp3) is 0.158. The molecule has 1 N–H and O–H groups in total. The number of carbonyl (C=O) groups is 2. The van der Waals surface area contributed by atoms with Crippen LogP contribution < -0.4 is 5.32 Å². The van der Waals surface area contributed by atoms with E-state index in [0.29, 0.717) is 4.67 Å². The fourth-order valence-electron chi connectivity index (χ4n) is 2.62. The second kappa shape index (κ2) is 7.53. The van der Waals surface area contributed by atoms with Crippen LogP contribution in [0.1, 0.15) is 29.1 Å². The fourth-order valence-corrected chi connectivity index (χ4v) is 2.92. The maximum absolute atomic E-state index is 12.1. The molecule has 0 bridgehead atoms. The third-order valence-corrected chi connectivity index (χ3v) is 4.20. The van der Waals surface area contributed by atoms with Crippen molar-refractivity contribution in [2.24, 2.45) is 0 Å². The Bertz CT molecular complexity index is 913. The zero-order valence-corrected chi connectivity index (χ0v) is 15.1. The van der Waals surface area contributed by atoms with Crippen molar-refractivity contribution in [3.63, 3.8) is 0 Å². The Morgan fingerprint density at radius 2 is 1.88 bits per heavy atom. The molecule has 0 fully saturated rings. The molecule has 1 heterocycles. The van der Waals surface area contributed by atoms with Gasteiger partial charge in [0, 0.05) is 0 Å². The van der Waals surface area contributed by atoms with Crippen LogP contribution in [0.25, 0.3) is 10.8 Å². The largest absolute Gasteiger partial charge is 0.450 e. The van der Waals surface area contributed by atoms with Gasteiger partial charge in [-0.05, 0) is 51.3 Å². The lowest BCUT2D eigenvalue weighted by Crippen LogP contribution is -2.31. The molecule has 0 saturated heterocycles. The molecule has 0 spiro atoms. The number of esters is 1. The van der Waals surface area contributed by atoms with E-state index in [1.807, 2.05) is 49.4 Å². The van der Waals surface area contributed by atoms with Crippen LogP contribution in [0.3, 0.4) is 0 Å². The Morgan fingerprint density at radius 3 is 2.64 bits per heavy atom. The highest BCUT2D eigenvalue weighted by Crippen LogP contribution is 2.24. The first-order valence-electron chi connectivity index (χ1n) is 7.74. The first-order valence-corrected chi connectivity index (χ1v) is 8.53. The van der Waals surface area contributed by atoms with Gasteiger partial charge >= 0.3 is 5.97 Å². The Kier molecular flexibility index (Phi) is 5.19. The lowest BCUT2D eigenvalue weighted by atomic mass is 10.00. The SMILES string of the molecule is C[C@H](NC(=O)COC(=O)c1ccc(Br)o1)c1cccc2ccccc12. The highest BCUT2D eigenvalue weighted by atomic mass is 79.9. The highest BCUT2D eigenvalue weighted by Gasteiger charge is 2.16. The molecule has 0 aliphatic heterocycles. The van der Waals surface area contributed by atoms with E-state index < -0.39 is 5.97 Å². The summed E-state index contributed by atoms with van der Waals surface area (Å²) in [5.41, 5.74) is 1.01. The van der Waals surface area contributed by atoms with Crippen LogP contribution in [0.4, 0.5) is 0 Å². The summed E-state index contributed by atoms with van der Waals surface area (Å²) in [4.78, 5) is 23.9. The molecular formula is C19H16BrNO4. The number of rotatable bonds is 5. The standard InChI is InChI=1S/C19H16BrNO4/c1-12(14-8-4-6-13-5-2-3-7-15(13)14)21-18(22)11-24-19(23)16-9-10-17(20)25-16/h2-10,12H,11H2,1H3,(H,21,22)/t12-/m0/s1. The summed E-state index contributed by atoms with van der Waals surface area (Å²) in [7, 11) is 0. The minimum atomic E-state index is -0.682. The average molecular weight is 402 g/mol. The number of fused-ring (bicyclic) bond motifs is 1. The molecule has 3 aromatic rings. The summed E-state index contributed by atoms with van der Waals surface area (Å²) in [6.07, 6.45) is 0. The number of halogens is 1. The van der Waals surface area contributed by atoms with E-state index in [4.69, 9.17) is 9.15 Å². The second-order valence-corrected chi connectivity index (χ2v) is 6.32. The average Bonchev–Trinajstić information content (AvgIpc) is 3.05. The van der Waals surface area contributed by atoms with Crippen molar-refractivity contribution < 1.29 is 18.7 Å². The lowest BCUT2D eigenvalue weighted by Gasteiger charge is -2.16. The number of amides is 1. The number of hydrogen-bond acceptors (Lipinski definition) is 4. The van der Waals surface area contributed by atoms with E-state index in [0.717, 1.165) is 16.3 Å². The number of ether oxygens (including phenoxy) is 1. The summed E-state index contributed by atoms with van der Waals surface area (Å²) in [5, 5.41) is 5.03. The van der Waals surface area contributed by atoms with Crippen LogP contribution in [0.15, 0.2) is 63.7 Å². The van der Waals surface area contributed by atoms with Crippen LogP contribution in [0.5, 0.6) is 0 Å². The highest BCUT2D eigenvalue weighted by molar-refractivity contribution is 9.10. The molecule has 128 valence electrons. The molecule has 1 amide bonds. The number of carbonyl (C=O) groups excluding carboxylic acids is 2. The summed E-state index contributed by atoms with van der Waals surface area (Å²) in [6, 6.07) is 16.8. The molecule has 3 rings (SSSR count). The number of nitrogens with one attached hydrogen (secondary N) is 1. The minimum absolute atomic E-state index is 0.0433. The maximum Gasteiger partial charge on any atom is 0.374 e. The Morgan fingerprint density at radius 1 is 1.12 bits per heavy atom. The van der Waals surface area contributed by atoms with E-state index in [2.05, 4.69) is 21.2 Å². The molecule has 1 atom stereocenters. The molecule has 2 aromatic carbocycles. The summed E-state index contributed by atoms with van der Waals surface area (Å²) in [5.74, 6) is -1.01. The molecular weight excluding hydrogens is 386 g/mol. The van der Waals surface area contributed by atoms with Gasteiger partial charge in [0.15, 0.2) is 11.3 Å². The van der Waals surface area contributed by atoms with Gasteiger partial charge in [0.25, 0.3) is 5.91 Å². The van der Waals surface area contributed by atoms with Crippen molar-refractivity contribution >= 4 is 38.6 Å². The van der Waals surface area contributed by atoms with Gasteiger partial charge in [0.2, 0.25) is 5.76 Å². The van der Waals surface area contributed by atoms with Crippen LogP contribution in [0, 0.1) is 0 Å². The van der Waals surface area contributed by atoms with Crippen molar-refractivity contribution in [3.8, 4) is 0 Å². The molecule has 25 heavy (non-hydrogen) atoms. The minimum Gasteiger partial charge on any atom is -0.450 e. The number of furan rings is 1. The van der Waals surface area contributed by atoms with Crippen molar-refractivity contribution in [1.29, 1.82) is 0 Å². The third kappa shape index (κ3) is 4.09. The molecule has 6 heteroatoms. The second-order valence-electron chi connectivity index (χ2n) is 5.54. The topological polar surface area (TPSA) is 68.5 Å². The van der Waals surface area contributed by atoms with E-state index in [1.54, 1.807) is 6.07 Å². The van der Waals surface area contributed by atoms with Gasteiger partial charge in [0.05, 0.1) is 6.04 Å². The zero-order chi connectivity index (χ0) is 17.8. The molecule has 0 unspecified atom stereocenters. The molecule has 1 aromatic heterocycles. The van der Waals surface area contributed by atoms with Crippen molar-refractivity contribution in [3.05, 3.63) is 70.6 Å². The van der Waals surface area contributed by atoms with Crippen molar-refractivity contribution in [2.45, 2.75) is 13.0 Å². The zero-order valence-electron chi connectivity index (χ0n) is 13.5. The van der Waals surface area contributed by atoms with Gasteiger partial charge in [0.1, 0.15) is 0 Å². The Balaban J connectivity index is 1.61. The predicted molar refractivity (Wildman–Crippen MR) is 97.2 cm³/mol. The number of hydrogen-bond donors (Lipinski definition) is 1. The predicted octanol–water partition coefficient (Wildman–Crippen LogP) is 4.23. The molecule has 0 saturated carbocycles.